The molecule has 1 aromatic heterocycles. The number of halogens is 2. The van der Waals surface area contributed by atoms with Crippen LogP contribution < -0.4 is 0 Å². The van der Waals surface area contributed by atoms with Gasteiger partial charge in [0.25, 0.3) is 5.89 Å². The first kappa shape index (κ1) is 9.49. The molecule has 3 nitrogen and oxygen atoms in total. The van der Waals surface area contributed by atoms with Crippen molar-refractivity contribution < 1.29 is 4.52 Å². The lowest BCUT2D eigenvalue weighted by Gasteiger charge is -1.96. The Bertz CT molecular complexity index is 447. The zero-order valence-electron chi connectivity index (χ0n) is 7.29. The van der Waals surface area contributed by atoms with E-state index >= 15 is 0 Å². The maximum absolute atomic E-state index is 5.83. The van der Waals surface area contributed by atoms with Crippen molar-refractivity contribution in [2.24, 2.45) is 0 Å². The Labute approximate surface area is 90.6 Å². The number of rotatable bonds is 1. The van der Waals surface area contributed by atoms with Crippen LogP contribution in [-0.2, 0) is 0 Å². The zero-order chi connectivity index (χ0) is 10.1. The molecule has 72 valence electrons. The Balaban J connectivity index is 2.51. The summed E-state index contributed by atoms with van der Waals surface area (Å²) in [4.78, 5) is 4.07. The summed E-state index contributed by atoms with van der Waals surface area (Å²) in [6.07, 6.45) is 0. The van der Waals surface area contributed by atoms with E-state index in [1.165, 1.54) is 0 Å². The fourth-order valence-corrected chi connectivity index (χ4v) is 1.62. The van der Waals surface area contributed by atoms with E-state index in [9.17, 15) is 0 Å². The molecule has 0 unspecified atom stereocenters. The Morgan fingerprint density at radius 1 is 1.14 bits per heavy atom. The Morgan fingerprint density at radius 3 is 2.29 bits per heavy atom. The third kappa shape index (κ3) is 1.89. The second-order valence-electron chi connectivity index (χ2n) is 2.80. The molecule has 0 bridgehead atoms. The summed E-state index contributed by atoms with van der Waals surface area (Å²) in [5, 5.41) is 4.77. The lowest BCUT2D eigenvalue weighted by molar-refractivity contribution is 0.425. The van der Waals surface area contributed by atoms with E-state index in [0.717, 1.165) is 5.56 Å². The van der Waals surface area contributed by atoms with Gasteiger partial charge in [0, 0.05) is 15.6 Å². The van der Waals surface area contributed by atoms with Gasteiger partial charge in [-0.05, 0) is 25.1 Å². The van der Waals surface area contributed by atoms with Crippen LogP contribution in [0.4, 0.5) is 0 Å². The van der Waals surface area contributed by atoms with Gasteiger partial charge in [0.2, 0.25) is 0 Å². The van der Waals surface area contributed by atoms with Gasteiger partial charge in [0.05, 0.1) is 0 Å². The smallest absolute Gasteiger partial charge is 0.258 e. The molecule has 0 fully saturated rings. The lowest BCUT2D eigenvalue weighted by atomic mass is 10.2. The normalized spacial score (nSPS) is 10.5. The number of hydrogen-bond acceptors (Lipinski definition) is 3. The first-order chi connectivity index (χ1) is 6.65. The van der Waals surface area contributed by atoms with Gasteiger partial charge in [-0.25, -0.2) is 0 Å². The Morgan fingerprint density at radius 2 is 1.79 bits per heavy atom. The van der Waals surface area contributed by atoms with Gasteiger partial charge >= 0.3 is 0 Å². The van der Waals surface area contributed by atoms with Crippen LogP contribution in [0.2, 0.25) is 10.0 Å². The molecular formula is C9H6Cl2N2O. The molecule has 0 aliphatic carbocycles. The molecule has 0 saturated heterocycles. The molecule has 0 spiro atoms. The van der Waals surface area contributed by atoms with Gasteiger partial charge in [-0.3, -0.25) is 0 Å². The number of aromatic nitrogens is 2. The van der Waals surface area contributed by atoms with Crippen molar-refractivity contribution >= 4 is 23.2 Å². The minimum atomic E-state index is 0.423. The molecular weight excluding hydrogens is 223 g/mol. The fourth-order valence-electron chi connectivity index (χ4n) is 1.09. The highest BCUT2D eigenvalue weighted by Gasteiger charge is 2.07. The van der Waals surface area contributed by atoms with E-state index in [1.807, 2.05) is 0 Å². The number of aryl methyl sites for hydroxylation is 1. The van der Waals surface area contributed by atoms with Crippen LogP contribution in [-0.4, -0.2) is 10.1 Å². The van der Waals surface area contributed by atoms with E-state index in [1.54, 1.807) is 25.1 Å². The minimum Gasteiger partial charge on any atom is -0.334 e. The van der Waals surface area contributed by atoms with Gasteiger partial charge in [0.15, 0.2) is 5.82 Å². The predicted molar refractivity (Wildman–Crippen MR) is 54.5 cm³/mol. The van der Waals surface area contributed by atoms with Crippen molar-refractivity contribution in [3.63, 3.8) is 0 Å². The standard InChI is InChI=1S/C9H6Cl2N2O/c1-5-12-9(14-13-5)6-2-7(10)4-8(11)3-6/h2-4H,1H3. The first-order valence-electron chi connectivity index (χ1n) is 3.92. The second-order valence-corrected chi connectivity index (χ2v) is 3.68. The summed E-state index contributed by atoms with van der Waals surface area (Å²) in [5.41, 5.74) is 0.725. The highest BCUT2D eigenvalue weighted by molar-refractivity contribution is 6.35. The van der Waals surface area contributed by atoms with Crippen molar-refractivity contribution in [3.05, 3.63) is 34.1 Å². The third-order valence-electron chi connectivity index (χ3n) is 1.64. The van der Waals surface area contributed by atoms with Crippen LogP contribution in [0.25, 0.3) is 11.5 Å². The fraction of sp³-hybridized carbons (Fsp3) is 0.111. The van der Waals surface area contributed by atoms with Crippen LogP contribution in [0, 0.1) is 6.92 Å². The SMILES string of the molecule is Cc1noc(-c2cc(Cl)cc(Cl)c2)n1. The second kappa shape index (κ2) is 3.59. The Hall–Kier alpha value is -1.06. The van der Waals surface area contributed by atoms with Gasteiger partial charge in [0.1, 0.15) is 0 Å². The molecule has 0 N–H and O–H groups in total. The first-order valence-corrected chi connectivity index (χ1v) is 4.67. The summed E-state index contributed by atoms with van der Waals surface area (Å²) in [6, 6.07) is 5.09. The largest absolute Gasteiger partial charge is 0.334 e. The molecule has 0 saturated carbocycles. The maximum Gasteiger partial charge on any atom is 0.258 e. The van der Waals surface area contributed by atoms with Crippen LogP contribution in [0.5, 0.6) is 0 Å². The van der Waals surface area contributed by atoms with Crippen LogP contribution in [0.1, 0.15) is 5.82 Å². The average molecular weight is 229 g/mol. The molecule has 0 aliphatic rings. The van der Waals surface area contributed by atoms with Crippen molar-refractivity contribution in [2.45, 2.75) is 6.92 Å². The lowest BCUT2D eigenvalue weighted by Crippen LogP contribution is -1.78. The molecule has 1 aromatic carbocycles. The average Bonchev–Trinajstić information content (AvgIpc) is 2.50. The number of benzene rings is 1. The molecule has 14 heavy (non-hydrogen) atoms. The molecule has 2 rings (SSSR count). The van der Waals surface area contributed by atoms with Gasteiger partial charge < -0.3 is 4.52 Å². The van der Waals surface area contributed by atoms with E-state index in [0.29, 0.717) is 21.8 Å². The molecule has 5 heteroatoms. The number of nitrogens with zero attached hydrogens (tertiary/aromatic N) is 2. The van der Waals surface area contributed by atoms with Crippen molar-refractivity contribution in [2.75, 3.05) is 0 Å². The van der Waals surface area contributed by atoms with Crippen LogP contribution >= 0.6 is 23.2 Å². The van der Waals surface area contributed by atoms with E-state index in [2.05, 4.69) is 10.1 Å². The highest BCUT2D eigenvalue weighted by Crippen LogP contribution is 2.25. The van der Waals surface area contributed by atoms with Gasteiger partial charge in [-0.2, -0.15) is 4.98 Å². The van der Waals surface area contributed by atoms with Gasteiger partial charge in [-0.1, -0.05) is 28.4 Å². The summed E-state index contributed by atoms with van der Waals surface area (Å²) in [5.74, 6) is 1.00. The maximum atomic E-state index is 5.83. The monoisotopic (exact) mass is 228 g/mol. The molecule has 0 atom stereocenters. The predicted octanol–water partition coefficient (Wildman–Crippen LogP) is 3.35. The topological polar surface area (TPSA) is 38.9 Å². The molecule has 1 heterocycles. The third-order valence-corrected chi connectivity index (χ3v) is 2.07. The van der Waals surface area contributed by atoms with Crippen molar-refractivity contribution in [1.29, 1.82) is 0 Å². The molecule has 0 amide bonds. The van der Waals surface area contributed by atoms with Crippen LogP contribution in [0.3, 0.4) is 0 Å². The zero-order valence-corrected chi connectivity index (χ0v) is 8.80. The summed E-state index contributed by atoms with van der Waals surface area (Å²) in [7, 11) is 0. The van der Waals surface area contributed by atoms with Crippen LogP contribution in [0.15, 0.2) is 22.7 Å². The highest BCUT2D eigenvalue weighted by atomic mass is 35.5. The summed E-state index contributed by atoms with van der Waals surface area (Å²) < 4.78 is 4.98. The van der Waals surface area contributed by atoms with E-state index in [4.69, 9.17) is 27.7 Å². The Kier molecular flexibility index (Phi) is 2.44. The van der Waals surface area contributed by atoms with Crippen molar-refractivity contribution in [1.82, 2.24) is 10.1 Å². The van der Waals surface area contributed by atoms with Gasteiger partial charge in [-0.15, -0.1) is 0 Å². The molecule has 0 aliphatic heterocycles. The summed E-state index contributed by atoms with van der Waals surface area (Å²) in [6.45, 7) is 1.75. The minimum absolute atomic E-state index is 0.423. The number of hydrogen-bond donors (Lipinski definition) is 0. The summed E-state index contributed by atoms with van der Waals surface area (Å²) >= 11 is 11.7. The quantitative estimate of drug-likeness (QED) is 0.752. The molecule has 0 radical (unpaired) electrons. The van der Waals surface area contributed by atoms with Crippen molar-refractivity contribution in [3.8, 4) is 11.5 Å². The van der Waals surface area contributed by atoms with E-state index < -0.39 is 0 Å². The molecule has 2 aromatic rings. The van der Waals surface area contributed by atoms with E-state index in [-0.39, 0.29) is 0 Å².